The molecule has 0 aromatic carbocycles. The lowest BCUT2D eigenvalue weighted by Crippen LogP contribution is -2.26. The Hall–Kier alpha value is -0.150. The second kappa shape index (κ2) is 2.23. The van der Waals surface area contributed by atoms with Gasteiger partial charge in [0.1, 0.15) is 12.3 Å². The second-order valence-electron chi connectivity index (χ2n) is 2.72. The Morgan fingerprint density at radius 2 is 2.00 bits per heavy atom. The number of aliphatic hydroxyl groups excluding tert-OH is 2. The second-order valence-corrected chi connectivity index (χ2v) is 2.72. The van der Waals surface area contributed by atoms with Crippen molar-refractivity contribution in [3.63, 3.8) is 0 Å². The molecule has 0 aromatic heterocycles. The molecule has 1 fully saturated rings. The first-order valence-corrected chi connectivity index (χ1v) is 3.13. The summed E-state index contributed by atoms with van der Waals surface area (Å²) in [5.74, 6) is -0.199. The Bertz CT molecular complexity index is 95.2. The highest BCUT2D eigenvalue weighted by Crippen LogP contribution is 2.28. The highest BCUT2D eigenvalue weighted by molar-refractivity contribution is 4.88. The van der Waals surface area contributed by atoms with E-state index in [1.165, 1.54) is 0 Å². The molecule has 0 aliphatic heterocycles. The zero-order valence-electron chi connectivity index (χ0n) is 5.29. The number of alkyl halides is 1. The third-order valence-corrected chi connectivity index (χ3v) is 1.88. The maximum atomic E-state index is 12.6. The molecule has 54 valence electrons. The summed E-state index contributed by atoms with van der Waals surface area (Å²) in [6, 6.07) is 0. The van der Waals surface area contributed by atoms with Gasteiger partial charge in [-0.15, -0.1) is 0 Å². The molecule has 2 N–H and O–H groups in total. The molecular weight excluding hydrogens is 123 g/mol. The minimum atomic E-state index is -1.24. The molecule has 3 heteroatoms. The van der Waals surface area contributed by atoms with Crippen molar-refractivity contribution in [3.8, 4) is 0 Å². The van der Waals surface area contributed by atoms with Crippen molar-refractivity contribution < 1.29 is 14.6 Å². The van der Waals surface area contributed by atoms with Gasteiger partial charge in [-0.3, -0.25) is 0 Å². The van der Waals surface area contributed by atoms with Crippen LogP contribution in [0.25, 0.3) is 0 Å². The number of aliphatic hydroxyl groups is 2. The van der Waals surface area contributed by atoms with Gasteiger partial charge >= 0.3 is 0 Å². The molecule has 1 aliphatic rings. The van der Waals surface area contributed by atoms with Crippen LogP contribution in [0.4, 0.5) is 4.39 Å². The van der Waals surface area contributed by atoms with Crippen LogP contribution in [0, 0.1) is 5.92 Å². The summed E-state index contributed by atoms with van der Waals surface area (Å²) in [5.41, 5.74) is 0. The van der Waals surface area contributed by atoms with E-state index in [1.54, 1.807) is 6.92 Å². The zero-order chi connectivity index (χ0) is 7.02. The predicted octanol–water partition coefficient (Wildman–Crippen LogP) is 0.0861. The minimum Gasteiger partial charge on any atom is -0.390 e. The summed E-state index contributed by atoms with van der Waals surface area (Å²) >= 11 is 0. The molecule has 1 rings (SSSR count). The van der Waals surface area contributed by atoms with Crippen LogP contribution in [0.5, 0.6) is 0 Å². The van der Waals surface area contributed by atoms with E-state index in [2.05, 4.69) is 0 Å². The fourth-order valence-corrected chi connectivity index (χ4v) is 1.20. The van der Waals surface area contributed by atoms with Gasteiger partial charge in [0, 0.05) is 0 Å². The number of rotatable bonds is 0. The van der Waals surface area contributed by atoms with Gasteiger partial charge in [0.05, 0.1) is 6.10 Å². The lowest BCUT2D eigenvalue weighted by atomic mass is 10.1. The van der Waals surface area contributed by atoms with Crippen LogP contribution in [0.15, 0.2) is 0 Å². The van der Waals surface area contributed by atoms with Crippen molar-refractivity contribution in [3.05, 3.63) is 0 Å². The van der Waals surface area contributed by atoms with Crippen molar-refractivity contribution >= 4 is 0 Å². The highest BCUT2D eigenvalue weighted by atomic mass is 19.1. The number of hydrogen-bond acceptors (Lipinski definition) is 2. The van der Waals surface area contributed by atoms with Gasteiger partial charge in [-0.25, -0.2) is 4.39 Å². The topological polar surface area (TPSA) is 40.5 Å². The van der Waals surface area contributed by atoms with Gasteiger partial charge < -0.3 is 10.2 Å². The molecular formula is C6H11FO2. The number of halogens is 1. The minimum absolute atomic E-state index is 0.199. The van der Waals surface area contributed by atoms with Crippen LogP contribution in [-0.4, -0.2) is 28.6 Å². The first-order chi connectivity index (χ1) is 4.13. The van der Waals surface area contributed by atoms with Crippen LogP contribution >= 0.6 is 0 Å². The lowest BCUT2D eigenvalue weighted by molar-refractivity contribution is 0.00801. The molecule has 0 spiro atoms. The van der Waals surface area contributed by atoms with Gasteiger partial charge in [-0.1, -0.05) is 6.92 Å². The Morgan fingerprint density at radius 3 is 2.11 bits per heavy atom. The highest BCUT2D eigenvalue weighted by Gasteiger charge is 2.39. The Labute approximate surface area is 53.3 Å². The van der Waals surface area contributed by atoms with Crippen LogP contribution in [0.2, 0.25) is 0 Å². The van der Waals surface area contributed by atoms with E-state index in [0.29, 0.717) is 6.42 Å². The lowest BCUT2D eigenvalue weighted by Gasteiger charge is -2.08. The monoisotopic (exact) mass is 134 g/mol. The van der Waals surface area contributed by atoms with Crippen molar-refractivity contribution in [1.82, 2.24) is 0 Å². The summed E-state index contributed by atoms with van der Waals surface area (Å²) in [6.45, 7) is 1.68. The third-order valence-electron chi connectivity index (χ3n) is 1.88. The van der Waals surface area contributed by atoms with Crippen LogP contribution in [0.1, 0.15) is 13.3 Å². The fraction of sp³-hybridized carbons (Fsp3) is 1.00. The van der Waals surface area contributed by atoms with E-state index in [-0.39, 0.29) is 5.92 Å². The Morgan fingerprint density at radius 1 is 1.44 bits per heavy atom. The van der Waals surface area contributed by atoms with Gasteiger partial charge in [0.25, 0.3) is 0 Å². The van der Waals surface area contributed by atoms with Gasteiger partial charge in [0.15, 0.2) is 0 Å². The van der Waals surface area contributed by atoms with Gasteiger partial charge in [0.2, 0.25) is 0 Å². The van der Waals surface area contributed by atoms with Crippen LogP contribution in [0.3, 0.4) is 0 Å². The molecule has 0 aromatic rings. The van der Waals surface area contributed by atoms with Crippen LogP contribution < -0.4 is 0 Å². The summed E-state index contributed by atoms with van der Waals surface area (Å²) in [5, 5.41) is 17.7. The summed E-state index contributed by atoms with van der Waals surface area (Å²) < 4.78 is 12.6. The predicted molar refractivity (Wildman–Crippen MR) is 30.7 cm³/mol. The molecule has 4 atom stereocenters. The first-order valence-electron chi connectivity index (χ1n) is 3.13. The van der Waals surface area contributed by atoms with Crippen molar-refractivity contribution in [2.24, 2.45) is 5.92 Å². The Kier molecular flexibility index (Phi) is 1.73. The molecule has 0 unspecified atom stereocenters. The molecule has 0 heterocycles. The third kappa shape index (κ3) is 1.07. The quantitative estimate of drug-likeness (QED) is 0.492. The number of hydrogen-bond donors (Lipinski definition) is 2. The standard InChI is InChI=1S/C6H11FO2/c1-3-2-4(8)6(9)5(3)7/h3-6,8-9H,2H2,1H3/t3-,4+,5-,6-/m1/s1. The molecule has 0 saturated heterocycles. The van der Waals surface area contributed by atoms with E-state index in [9.17, 15) is 4.39 Å². The SMILES string of the molecule is C[C@@H]1C[C@H](O)[C@@H](O)[C@@H]1F. The summed E-state index contributed by atoms with van der Waals surface area (Å²) in [6.07, 6.45) is -2.86. The molecule has 2 nitrogen and oxygen atoms in total. The molecule has 1 aliphatic carbocycles. The van der Waals surface area contributed by atoms with Gasteiger partial charge in [-0.05, 0) is 12.3 Å². The maximum Gasteiger partial charge on any atom is 0.131 e. The molecule has 9 heavy (non-hydrogen) atoms. The summed E-state index contributed by atoms with van der Waals surface area (Å²) in [4.78, 5) is 0. The average molecular weight is 134 g/mol. The van der Waals surface area contributed by atoms with Gasteiger partial charge in [-0.2, -0.15) is 0 Å². The largest absolute Gasteiger partial charge is 0.390 e. The zero-order valence-corrected chi connectivity index (χ0v) is 5.29. The molecule has 1 saturated carbocycles. The normalized spacial score (nSPS) is 52.0. The summed E-state index contributed by atoms with van der Waals surface area (Å²) in [7, 11) is 0. The fourth-order valence-electron chi connectivity index (χ4n) is 1.20. The van der Waals surface area contributed by atoms with E-state index >= 15 is 0 Å². The van der Waals surface area contributed by atoms with E-state index in [0.717, 1.165) is 0 Å². The molecule has 0 amide bonds. The average Bonchev–Trinajstić information content (AvgIpc) is 1.98. The van der Waals surface area contributed by atoms with E-state index in [1.807, 2.05) is 0 Å². The maximum absolute atomic E-state index is 12.6. The van der Waals surface area contributed by atoms with E-state index < -0.39 is 18.4 Å². The van der Waals surface area contributed by atoms with E-state index in [4.69, 9.17) is 10.2 Å². The van der Waals surface area contributed by atoms with Crippen molar-refractivity contribution in [2.45, 2.75) is 31.7 Å². The smallest absolute Gasteiger partial charge is 0.131 e. The first kappa shape index (κ1) is 6.96. The molecule has 0 bridgehead atoms. The molecule has 0 radical (unpaired) electrons. The van der Waals surface area contributed by atoms with Crippen molar-refractivity contribution in [1.29, 1.82) is 0 Å². The Balaban J connectivity index is 2.54. The van der Waals surface area contributed by atoms with Crippen LogP contribution in [-0.2, 0) is 0 Å². The van der Waals surface area contributed by atoms with Crippen molar-refractivity contribution in [2.75, 3.05) is 0 Å².